The molecule has 0 N–H and O–H groups in total. The van der Waals surface area contributed by atoms with Gasteiger partial charge in [-0.15, -0.1) is 6.58 Å². The van der Waals surface area contributed by atoms with Gasteiger partial charge in [-0.25, -0.2) is 0 Å². The summed E-state index contributed by atoms with van der Waals surface area (Å²) in [5, 5.41) is 0. The van der Waals surface area contributed by atoms with Gasteiger partial charge in [-0.1, -0.05) is 40.7 Å². The highest BCUT2D eigenvalue weighted by Crippen LogP contribution is 2.19. The van der Waals surface area contributed by atoms with Gasteiger partial charge in [0.25, 0.3) is 0 Å². The maximum Gasteiger partial charge on any atom is 0.225 e. The number of likely N-dealkylation sites (N-methyl/N-ethyl adjacent to an activating group) is 1. The number of hydrogen-bond donors (Lipinski definition) is 0. The second-order valence-electron chi connectivity index (χ2n) is 6.58. The Bertz CT molecular complexity index is 334. The molecule has 0 aliphatic heterocycles. The van der Waals surface area contributed by atoms with Crippen LogP contribution >= 0.6 is 0 Å². The van der Waals surface area contributed by atoms with Crippen LogP contribution in [0.25, 0.3) is 0 Å². The zero-order valence-electron chi connectivity index (χ0n) is 14.0. The SMILES string of the molecule is C=CCC(=O)[C@H](CC(C)C)N(C)C(=O)[C@@H](C)CC(C)C. The fourth-order valence-electron chi connectivity index (χ4n) is 2.54. The monoisotopic (exact) mass is 281 g/mol. The van der Waals surface area contributed by atoms with Crippen molar-refractivity contribution in [3.63, 3.8) is 0 Å². The predicted molar refractivity (Wildman–Crippen MR) is 84.5 cm³/mol. The fourth-order valence-corrected chi connectivity index (χ4v) is 2.54. The molecule has 0 rings (SSSR count). The summed E-state index contributed by atoms with van der Waals surface area (Å²) in [6, 6.07) is -0.324. The molecule has 0 aromatic heterocycles. The molecule has 3 heteroatoms. The summed E-state index contributed by atoms with van der Waals surface area (Å²) in [7, 11) is 1.76. The van der Waals surface area contributed by atoms with Crippen molar-refractivity contribution in [2.45, 2.75) is 59.9 Å². The van der Waals surface area contributed by atoms with Crippen molar-refractivity contribution in [1.82, 2.24) is 4.90 Å². The molecule has 116 valence electrons. The maximum absolute atomic E-state index is 12.5. The van der Waals surface area contributed by atoms with Crippen LogP contribution in [0, 0.1) is 17.8 Å². The lowest BCUT2D eigenvalue weighted by Crippen LogP contribution is -2.45. The summed E-state index contributed by atoms with van der Waals surface area (Å²) >= 11 is 0. The number of rotatable bonds is 9. The van der Waals surface area contributed by atoms with Crippen LogP contribution < -0.4 is 0 Å². The van der Waals surface area contributed by atoms with E-state index in [9.17, 15) is 9.59 Å². The number of Topliss-reactive ketones (excluding diaryl/α,β-unsaturated/α-hetero) is 1. The van der Waals surface area contributed by atoms with Gasteiger partial charge < -0.3 is 4.90 Å². The van der Waals surface area contributed by atoms with E-state index < -0.39 is 0 Å². The van der Waals surface area contributed by atoms with E-state index in [1.807, 2.05) is 6.92 Å². The van der Waals surface area contributed by atoms with Gasteiger partial charge in [0, 0.05) is 19.4 Å². The molecule has 3 nitrogen and oxygen atoms in total. The van der Waals surface area contributed by atoms with Crippen LogP contribution in [0.2, 0.25) is 0 Å². The van der Waals surface area contributed by atoms with Crippen molar-refractivity contribution in [3.8, 4) is 0 Å². The first-order valence-corrected chi connectivity index (χ1v) is 7.60. The largest absolute Gasteiger partial charge is 0.335 e. The third-order valence-corrected chi connectivity index (χ3v) is 3.47. The van der Waals surface area contributed by atoms with E-state index in [1.165, 1.54) is 0 Å². The first-order chi connectivity index (χ1) is 9.20. The minimum atomic E-state index is -0.324. The normalized spacial score (nSPS) is 14.2. The summed E-state index contributed by atoms with van der Waals surface area (Å²) in [4.78, 5) is 26.3. The summed E-state index contributed by atoms with van der Waals surface area (Å²) in [5.41, 5.74) is 0. The Balaban J connectivity index is 4.92. The number of amides is 1. The average molecular weight is 281 g/mol. The van der Waals surface area contributed by atoms with E-state index in [0.717, 1.165) is 6.42 Å². The highest BCUT2D eigenvalue weighted by atomic mass is 16.2. The molecule has 0 saturated carbocycles. The average Bonchev–Trinajstić information content (AvgIpc) is 2.33. The van der Waals surface area contributed by atoms with Crippen molar-refractivity contribution in [1.29, 1.82) is 0 Å². The molecule has 20 heavy (non-hydrogen) atoms. The standard InChI is InChI=1S/C17H31NO2/c1-8-9-16(19)15(11-13(4)5)18(7)17(20)14(6)10-12(2)3/h8,12-15H,1,9-11H2,2-7H3/t14-,15-/m0/s1. The second-order valence-corrected chi connectivity index (χ2v) is 6.58. The molecule has 0 unspecified atom stereocenters. The van der Waals surface area contributed by atoms with Crippen LogP contribution in [0.1, 0.15) is 53.9 Å². The van der Waals surface area contributed by atoms with E-state index in [1.54, 1.807) is 18.0 Å². The van der Waals surface area contributed by atoms with Crippen molar-refractivity contribution >= 4 is 11.7 Å². The van der Waals surface area contributed by atoms with E-state index in [0.29, 0.717) is 24.7 Å². The minimum absolute atomic E-state index is 0.0359. The lowest BCUT2D eigenvalue weighted by atomic mass is 9.94. The van der Waals surface area contributed by atoms with Crippen LogP contribution in [0.3, 0.4) is 0 Å². The third-order valence-electron chi connectivity index (χ3n) is 3.47. The van der Waals surface area contributed by atoms with Crippen molar-refractivity contribution < 1.29 is 9.59 Å². The molecule has 0 fully saturated rings. The predicted octanol–water partition coefficient (Wildman–Crippen LogP) is 3.69. The lowest BCUT2D eigenvalue weighted by molar-refractivity contribution is -0.141. The van der Waals surface area contributed by atoms with Crippen LogP contribution in [0.15, 0.2) is 12.7 Å². The zero-order valence-corrected chi connectivity index (χ0v) is 14.0. The minimum Gasteiger partial charge on any atom is -0.335 e. The Morgan fingerprint density at radius 2 is 1.55 bits per heavy atom. The molecule has 0 aliphatic rings. The first-order valence-electron chi connectivity index (χ1n) is 7.60. The van der Waals surface area contributed by atoms with Crippen LogP contribution in [0.4, 0.5) is 0 Å². The van der Waals surface area contributed by atoms with Gasteiger partial charge in [0.1, 0.15) is 0 Å². The van der Waals surface area contributed by atoms with Gasteiger partial charge in [-0.05, 0) is 24.7 Å². The van der Waals surface area contributed by atoms with Gasteiger partial charge in [-0.2, -0.15) is 0 Å². The first kappa shape index (κ1) is 18.9. The number of allylic oxidation sites excluding steroid dienone is 1. The maximum atomic E-state index is 12.5. The smallest absolute Gasteiger partial charge is 0.225 e. The van der Waals surface area contributed by atoms with Crippen LogP contribution in [-0.4, -0.2) is 29.7 Å². The molecule has 1 amide bonds. The lowest BCUT2D eigenvalue weighted by Gasteiger charge is -2.31. The number of nitrogens with zero attached hydrogens (tertiary/aromatic N) is 1. The molecule has 0 bridgehead atoms. The van der Waals surface area contributed by atoms with Gasteiger partial charge in [0.2, 0.25) is 5.91 Å². The Kier molecular flexibility index (Phi) is 8.43. The topological polar surface area (TPSA) is 37.4 Å². The van der Waals surface area contributed by atoms with Gasteiger partial charge in [-0.3, -0.25) is 9.59 Å². The summed E-state index contributed by atoms with van der Waals surface area (Å²) < 4.78 is 0. The number of ketones is 1. The van der Waals surface area contributed by atoms with Crippen LogP contribution in [-0.2, 0) is 9.59 Å². The quantitative estimate of drug-likeness (QED) is 0.604. The van der Waals surface area contributed by atoms with E-state index >= 15 is 0 Å². The summed E-state index contributed by atoms with van der Waals surface area (Å²) in [5.74, 6) is 0.980. The van der Waals surface area contributed by atoms with Gasteiger partial charge >= 0.3 is 0 Å². The highest BCUT2D eigenvalue weighted by Gasteiger charge is 2.29. The molecule has 0 saturated heterocycles. The molecule has 0 radical (unpaired) electrons. The molecule has 2 atom stereocenters. The summed E-state index contributed by atoms with van der Waals surface area (Å²) in [6.07, 6.45) is 3.51. The molecule has 0 spiro atoms. The fraction of sp³-hybridized carbons (Fsp3) is 0.765. The van der Waals surface area contributed by atoms with Gasteiger partial charge in [0.05, 0.1) is 6.04 Å². The zero-order chi connectivity index (χ0) is 15.9. The van der Waals surface area contributed by atoms with Crippen LogP contribution in [0.5, 0.6) is 0 Å². The Morgan fingerprint density at radius 3 is 1.95 bits per heavy atom. The molecule has 0 aliphatic carbocycles. The third kappa shape index (κ3) is 6.36. The molecule has 0 aromatic carbocycles. The molecule has 0 aromatic rings. The number of hydrogen-bond acceptors (Lipinski definition) is 2. The Labute approximate surface area is 124 Å². The van der Waals surface area contributed by atoms with Crippen molar-refractivity contribution in [2.24, 2.45) is 17.8 Å². The van der Waals surface area contributed by atoms with Gasteiger partial charge in [0.15, 0.2) is 5.78 Å². The van der Waals surface area contributed by atoms with Crippen molar-refractivity contribution in [3.05, 3.63) is 12.7 Å². The van der Waals surface area contributed by atoms with E-state index in [2.05, 4.69) is 34.3 Å². The highest BCUT2D eigenvalue weighted by molar-refractivity contribution is 5.90. The molecular formula is C17H31NO2. The summed E-state index contributed by atoms with van der Waals surface area (Å²) in [6.45, 7) is 13.9. The van der Waals surface area contributed by atoms with E-state index in [-0.39, 0.29) is 23.7 Å². The van der Waals surface area contributed by atoms with Crippen molar-refractivity contribution in [2.75, 3.05) is 7.05 Å². The Morgan fingerprint density at radius 1 is 1.05 bits per heavy atom. The van der Waals surface area contributed by atoms with E-state index in [4.69, 9.17) is 0 Å². The second kappa shape index (κ2) is 8.93. The Hall–Kier alpha value is -1.12. The molecule has 0 heterocycles. The number of carbonyl (C=O) groups is 2. The number of carbonyl (C=O) groups excluding carboxylic acids is 2. The molecular weight excluding hydrogens is 250 g/mol.